The second-order valence-corrected chi connectivity index (χ2v) is 6.20. The molecule has 24 heavy (non-hydrogen) atoms. The van der Waals surface area contributed by atoms with Crippen molar-refractivity contribution in [1.82, 2.24) is 4.98 Å². The first-order valence-corrected chi connectivity index (χ1v) is 7.91. The fraction of sp³-hybridized carbons (Fsp3) is 0. The molecule has 0 spiro atoms. The van der Waals surface area contributed by atoms with Crippen LogP contribution in [0, 0.1) is 0 Å². The molecule has 1 aromatic heterocycles. The number of nitrogens with zero attached hydrogens (tertiary/aromatic N) is 2. The standard InChI is InChI=1S/C17H11N3O3S/c21-12-3-1-2-11-14(12)19-15(18-11)10-6-4-9(5-7-10)8-13-16(22)20-17(23)24-13/h1-8,21-22H,(H,20,23). The second kappa shape index (κ2) is 5.47. The second-order valence-electron chi connectivity index (χ2n) is 5.19. The summed E-state index contributed by atoms with van der Waals surface area (Å²) in [5, 5.41) is 22.2. The van der Waals surface area contributed by atoms with Crippen LogP contribution in [0.3, 0.4) is 0 Å². The Bertz CT molecular complexity index is 1230. The van der Waals surface area contributed by atoms with Crippen molar-refractivity contribution in [2.24, 2.45) is 9.98 Å². The van der Waals surface area contributed by atoms with Crippen LogP contribution in [0.1, 0.15) is 4.88 Å². The SMILES string of the molecule is O=c1[nH]c(O)c(C=c2ccc(=C3N=c4cccc(O)c4=N3)cc2)s1. The van der Waals surface area contributed by atoms with Gasteiger partial charge in [0.1, 0.15) is 11.1 Å². The minimum atomic E-state index is -0.299. The van der Waals surface area contributed by atoms with Crippen molar-refractivity contribution in [3.63, 3.8) is 0 Å². The van der Waals surface area contributed by atoms with Crippen molar-refractivity contribution in [2.75, 3.05) is 0 Å². The van der Waals surface area contributed by atoms with Crippen LogP contribution >= 0.6 is 11.3 Å². The van der Waals surface area contributed by atoms with Gasteiger partial charge in [-0.15, -0.1) is 0 Å². The van der Waals surface area contributed by atoms with Crippen LogP contribution in [0.4, 0.5) is 0 Å². The average molecular weight is 337 g/mol. The highest BCUT2D eigenvalue weighted by Crippen LogP contribution is 2.15. The Labute approximate surface area is 138 Å². The van der Waals surface area contributed by atoms with Gasteiger partial charge in [0.2, 0.25) is 5.88 Å². The quantitative estimate of drug-likeness (QED) is 0.568. The molecule has 3 aromatic rings. The van der Waals surface area contributed by atoms with Crippen LogP contribution in [0.25, 0.3) is 11.9 Å². The Kier molecular flexibility index (Phi) is 3.28. The lowest BCUT2D eigenvalue weighted by Gasteiger charge is -1.91. The van der Waals surface area contributed by atoms with Gasteiger partial charge in [0.25, 0.3) is 0 Å². The lowest BCUT2D eigenvalue weighted by molar-refractivity contribution is 0.455. The Morgan fingerprint density at radius 2 is 1.83 bits per heavy atom. The lowest BCUT2D eigenvalue weighted by atomic mass is 10.2. The van der Waals surface area contributed by atoms with Gasteiger partial charge in [0, 0.05) is 5.22 Å². The first-order chi connectivity index (χ1) is 11.6. The van der Waals surface area contributed by atoms with Crippen molar-refractivity contribution in [1.29, 1.82) is 0 Å². The monoisotopic (exact) mass is 337 g/mol. The number of aromatic nitrogens is 1. The van der Waals surface area contributed by atoms with Gasteiger partial charge in [-0.25, -0.2) is 9.98 Å². The van der Waals surface area contributed by atoms with Crippen molar-refractivity contribution in [2.45, 2.75) is 0 Å². The summed E-state index contributed by atoms with van der Waals surface area (Å²) in [6, 6.07) is 12.5. The molecule has 0 saturated heterocycles. The third-order valence-corrected chi connectivity index (χ3v) is 4.38. The third kappa shape index (κ3) is 2.50. The van der Waals surface area contributed by atoms with Gasteiger partial charge in [0.15, 0.2) is 5.82 Å². The number of phenolic OH excluding ortho intramolecular Hbond substituents is 1. The molecule has 0 unspecified atom stereocenters. The highest BCUT2D eigenvalue weighted by Gasteiger charge is 2.06. The minimum Gasteiger partial charge on any atom is -0.506 e. The number of H-pyrrole nitrogens is 1. The van der Waals surface area contributed by atoms with Crippen molar-refractivity contribution in [3.05, 3.63) is 78.2 Å². The van der Waals surface area contributed by atoms with E-state index in [1.807, 2.05) is 24.3 Å². The average Bonchev–Trinajstić information content (AvgIpc) is 3.13. The summed E-state index contributed by atoms with van der Waals surface area (Å²) in [6.07, 6.45) is 1.72. The summed E-state index contributed by atoms with van der Waals surface area (Å²) in [4.78, 5) is 22.5. The first kappa shape index (κ1) is 14.4. The van der Waals surface area contributed by atoms with Gasteiger partial charge in [-0.3, -0.25) is 9.78 Å². The molecule has 0 fully saturated rings. The van der Waals surface area contributed by atoms with Gasteiger partial charge in [0.05, 0.1) is 10.2 Å². The van der Waals surface area contributed by atoms with E-state index in [1.165, 1.54) is 0 Å². The molecule has 0 saturated carbocycles. The fourth-order valence-corrected chi connectivity index (χ4v) is 3.10. The molecule has 2 heterocycles. The molecule has 0 atom stereocenters. The maximum atomic E-state index is 11.2. The number of thiazole rings is 1. The maximum absolute atomic E-state index is 11.2. The van der Waals surface area contributed by atoms with E-state index in [9.17, 15) is 15.0 Å². The molecular formula is C17H11N3O3S. The Morgan fingerprint density at radius 3 is 2.50 bits per heavy atom. The number of aromatic amines is 1. The topological polar surface area (TPSA) is 98.0 Å². The summed E-state index contributed by atoms with van der Waals surface area (Å²) in [5.41, 5.74) is 0. The molecule has 4 rings (SSSR count). The van der Waals surface area contributed by atoms with Gasteiger partial charge in [-0.2, -0.15) is 0 Å². The molecule has 0 radical (unpaired) electrons. The minimum absolute atomic E-state index is 0.106. The molecule has 3 N–H and O–H groups in total. The van der Waals surface area contributed by atoms with E-state index in [0.717, 1.165) is 21.8 Å². The molecule has 118 valence electrons. The highest BCUT2D eigenvalue weighted by atomic mass is 32.1. The summed E-state index contributed by atoms with van der Waals surface area (Å²) in [5.74, 6) is 0.511. The largest absolute Gasteiger partial charge is 0.506 e. The fourth-order valence-electron chi connectivity index (χ4n) is 2.41. The Hall–Kier alpha value is -3.19. The number of hydrogen-bond acceptors (Lipinski definition) is 6. The van der Waals surface area contributed by atoms with E-state index < -0.39 is 0 Å². The predicted molar refractivity (Wildman–Crippen MR) is 89.7 cm³/mol. The number of phenols is 1. The number of benzene rings is 2. The summed E-state index contributed by atoms with van der Waals surface area (Å²) >= 11 is 0.945. The first-order valence-electron chi connectivity index (χ1n) is 7.10. The normalized spacial score (nSPS) is 12.4. The summed E-state index contributed by atoms with van der Waals surface area (Å²) < 4.78 is 0. The number of rotatable bonds is 1. The number of nitrogens with one attached hydrogen (secondary N) is 1. The zero-order valence-electron chi connectivity index (χ0n) is 12.2. The van der Waals surface area contributed by atoms with Crippen molar-refractivity contribution >= 4 is 23.2 Å². The van der Waals surface area contributed by atoms with E-state index >= 15 is 0 Å². The number of aromatic hydroxyl groups is 2. The highest BCUT2D eigenvalue weighted by molar-refractivity contribution is 7.10. The molecule has 6 nitrogen and oxygen atoms in total. The predicted octanol–water partition coefficient (Wildman–Crippen LogP) is -0.305. The maximum Gasteiger partial charge on any atom is 0.307 e. The molecule has 0 amide bonds. The number of hydrogen-bond donors (Lipinski definition) is 3. The molecule has 1 aliphatic heterocycles. The molecule has 2 aromatic carbocycles. The van der Waals surface area contributed by atoms with Crippen LogP contribution < -0.4 is 26.0 Å². The van der Waals surface area contributed by atoms with Crippen LogP contribution in [0.5, 0.6) is 11.6 Å². The van der Waals surface area contributed by atoms with Crippen molar-refractivity contribution in [3.8, 4) is 11.6 Å². The van der Waals surface area contributed by atoms with E-state index in [1.54, 1.807) is 24.3 Å². The molecule has 7 heteroatoms. The van der Waals surface area contributed by atoms with Crippen molar-refractivity contribution < 1.29 is 10.2 Å². The number of para-hydroxylation sites is 1. The third-order valence-electron chi connectivity index (χ3n) is 3.56. The Morgan fingerprint density at radius 1 is 1.04 bits per heavy atom. The van der Waals surface area contributed by atoms with Gasteiger partial charge in [-0.05, 0) is 23.4 Å². The van der Waals surface area contributed by atoms with Gasteiger partial charge in [-0.1, -0.05) is 41.7 Å². The zero-order valence-corrected chi connectivity index (χ0v) is 13.0. The Balaban J connectivity index is 1.82. The number of fused-ring (bicyclic) bond motifs is 1. The molecule has 0 aliphatic carbocycles. The van der Waals surface area contributed by atoms with Gasteiger partial charge >= 0.3 is 4.87 Å². The summed E-state index contributed by atoms with van der Waals surface area (Å²) in [6.45, 7) is 0. The smallest absolute Gasteiger partial charge is 0.307 e. The van der Waals surface area contributed by atoms with E-state index in [4.69, 9.17) is 0 Å². The van der Waals surface area contributed by atoms with E-state index in [0.29, 0.717) is 21.4 Å². The van der Waals surface area contributed by atoms with Gasteiger partial charge < -0.3 is 10.2 Å². The molecular weight excluding hydrogens is 326 g/mol. The molecule has 0 bridgehead atoms. The molecule has 1 aliphatic rings. The van der Waals surface area contributed by atoms with Crippen LogP contribution in [0.2, 0.25) is 0 Å². The van der Waals surface area contributed by atoms with Crippen LogP contribution in [-0.2, 0) is 0 Å². The van der Waals surface area contributed by atoms with E-state index in [2.05, 4.69) is 15.0 Å². The zero-order chi connectivity index (χ0) is 16.7. The summed E-state index contributed by atoms with van der Waals surface area (Å²) in [7, 11) is 0. The lowest BCUT2D eigenvalue weighted by Crippen LogP contribution is -2.20. The van der Waals surface area contributed by atoms with Crippen LogP contribution in [-0.4, -0.2) is 15.2 Å². The van der Waals surface area contributed by atoms with Crippen LogP contribution in [0.15, 0.2) is 57.2 Å². The van der Waals surface area contributed by atoms with E-state index in [-0.39, 0.29) is 16.5 Å².